The summed E-state index contributed by atoms with van der Waals surface area (Å²) in [6.07, 6.45) is 11.9. The van der Waals surface area contributed by atoms with E-state index in [9.17, 15) is 10.2 Å². The van der Waals surface area contributed by atoms with Crippen molar-refractivity contribution in [2.45, 2.75) is 125 Å². The molecular weight excluding hydrogens is 392 g/mol. The quantitative estimate of drug-likeness (QED) is 0.434. The van der Waals surface area contributed by atoms with Gasteiger partial charge in [-0.15, -0.1) is 0 Å². The van der Waals surface area contributed by atoms with Gasteiger partial charge in [-0.3, -0.25) is 0 Å². The van der Waals surface area contributed by atoms with Crippen molar-refractivity contribution in [3.63, 3.8) is 0 Å². The van der Waals surface area contributed by atoms with E-state index in [1.807, 2.05) is 6.92 Å². The molecule has 0 bridgehead atoms. The number of rotatable bonds is 5. The van der Waals surface area contributed by atoms with Crippen molar-refractivity contribution in [2.24, 2.45) is 51.2 Å². The summed E-state index contributed by atoms with van der Waals surface area (Å²) in [6.45, 7) is 21.0. The minimum absolute atomic E-state index is 0.0521. The molecule has 2 N–H and O–H groups in total. The molecule has 4 aliphatic carbocycles. The first-order chi connectivity index (χ1) is 14.8. The Morgan fingerprint density at radius 1 is 0.875 bits per heavy atom. The lowest BCUT2D eigenvalue weighted by atomic mass is 9.38. The van der Waals surface area contributed by atoms with E-state index in [0.29, 0.717) is 28.1 Å². The van der Waals surface area contributed by atoms with Gasteiger partial charge < -0.3 is 10.2 Å². The van der Waals surface area contributed by atoms with Crippen LogP contribution in [0.4, 0.5) is 0 Å². The van der Waals surface area contributed by atoms with Gasteiger partial charge in [-0.25, -0.2) is 0 Å². The molecule has 0 saturated heterocycles. The van der Waals surface area contributed by atoms with Crippen LogP contribution < -0.4 is 0 Å². The van der Waals surface area contributed by atoms with E-state index in [0.717, 1.165) is 42.6 Å². The van der Waals surface area contributed by atoms with Gasteiger partial charge in [0.25, 0.3) is 0 Å². The SMILES string of the molecule is C=C(C)[C@H](O)CC[C@@H](C)[C@@H]1CC[C@]2(C)[C@H]3CC[C@H]4C(C)(C)[C@@H](O)CC[C@]4(C)[C@@H]3CC[C@]12C. The zero-order chi connectivity index (χ0) is 23.7. The van der Waals surface area contributed by atoms with Gasteiger partial charge in [0.1, 0.15) is 0 Å². The summed E-state index contributed by atoms with van der Waals surface area (Å²) in [5.74, 6) is 3.77. The van der Waals surface area contributed by atoms with Gasteiger partial charge in [0.05, 0.1) is 12.2 Å². The summed E-state index contributed by atoms with van der Waals surface area (Å²) in [5, 5.41) is 21.1. The first-order valence-electron chi connectivity index (χ1n) is 13.8. The molecule has 0 aromatic rings. The molecule has 10 atom stereocenters. The highest BCUT2D eigenvalue weighted by Crippen LogP contribution is 2.74. The molecule has 0 radical (unpaired) electrons. The van der Waals surface area contributed by atoms with Crippen LogP contribution in [0.3, 0.4) is 0 Å². The Kier molecular flexibility index (Phi) is 6.28. The standard InChI is InChI=1S/C30H52O2/c1-19(2)24(31)11-9-20(3)21-13-17-30(8)23-10-12-25-27(4,5)26(32)15-16-28(25,6)22(23)14-18-29(21,30)7/h20-26,31-32H,1,9-18H2,2-8H3/t20-,21+,22-,23+,24-,25+,26+,28-,29-,30-/m1/s1. The predicted octanol–water partition coefficient (Wildman–Crippen LogP) is 7.39. The molecule has 184 valence electrons. The van der Waals surface area contributed by atoms with Crippen LogP contribution >= 0.6 is 0 Å². The average Bonchev–Trinajstić information content (AvgIpc) is 3.00. The van der Waals surface area contributed by atoms with E-state index in [-0.39, 0.29) is 17.6 Å². The highest BCUT2D eigenvalue weighted by atomic mass is 16.3. The lowest BCUT2D eigenvalue weighted by Crippen LogP contribution is -2.61. The fraction of sp³-hybridized carbons (Fsp3) is 0.933. The number of hydrogen-bond donors (Lipinski definition) is 2. The second-order valence-electron chi connectivity index (χ2n) is 14.2. The first kappa shape index (κ1) is 24.8. The maximum absolute atomic E-state index is 10.8. The molecule has 4 saturated carbocycles. The Labute approximate surface area is 198 Å². The molecule has 2 nitrogen and oxygen atoms in total. The van der Waals surface area contributed by atoms with Crippen molar-refractivity contribution < 1.29 is 10.2 Å². The summed E-state index contributed by atoms with van der Waals surface area (Å²) < 4.78 is 0. The number of hydrogen-bond acceptors (Lipinski definition) is 2. The predicted molar refractivity (Wildman–Crippen MR) is 134 cm³/mol. The molecule has 4 aliphatic rings. The van der Waals surface area contributed by atoms with Crippen LogP contribution in [-0.4, -0.2) is 22.4 Å². The van der Waals surface area contributed by atoms with Crippen LogP contribution in [0.2, 0.25) is 0 Å². The fourth-order valence-electron chi connectivity index (χ4n) is 10.3. The van der Waals surface area contributed by atoms with Gasteiger partial charge >= 0.3 is 0 Å². The van der Waals surface area contributed by atoms with E-state index >= 15 is 0 Å². The van der Waals surface area contributed by atoms with Crippen molar-refractivity contribution in [3.05, 3.63) is 12.2 Å². The zero-order valence-electron chi connectivity index (χ0n) is 22.2. The van der Waals surface area contributed by atoms with E-state index in [1.54, 1.807) is 0 Å². The number of aliphatic hydroxyl groups excluding tert-OH is 2. The van der Waals surface area contributed by atoms with Gasteiger partial charge in [-0.2, -0.15) is 0 Å². The van der Waals surface area contributed by atoms with Gasteiger partial charge in [0, 0.05) is 0 Å². The lowest BCUT2D eigenvalue weighted by Gasteiger charge is -2.67. The van der Waals surface area contributed by atoms with Crippen LogP contribution in [0, 0.1) is 51.2 Å². The normalized spacial score (nSPS) is 49.5. The molecule has 2 heteroatoms. The van der Waals surface area contributed by atoms with Crippen molar-refractivity contribution in [1.29, 1.82) is 0 Å². The molecule has 0 amide bonds. The van der Waals surface area contributed by atoms with E-state index < -0.39 is 0 Å². The van der Waals surface area contributed by atoms with E-state index in [1.165, 1.54) is 44.9 Å². The van der Waals surface area contributed by atoms with Gasteiger partial charge in [0.2, 0.25) is 0 Å². The summed E-state index contributed by atoms with van der Waals surface area (Å²) in [5.41, 5.74) is 2.22. The lowest BCUT2D eigenvalue weighted by molar-refractivity contribution is -0.200. The zero-order valence-corrected chi connectivity index (χ0v) is 22.2. The molecule has 0 aromatic heterocycles. The Morgan fingerprint density at radius 2 is 1.53 bits per heavy atom. The molecule has 0 heterocycles. The molecule has 4 fully saturated rings. The molecular formula is C30H52O2. The highest BCUT2D eigenvalue weighted by molar-refractivity contribution is 5.16. The first-order valence-corrected chi connectivity index (χ1v) is 13.8. The van der Waals surface area contributed by atoms with Crippen molar-refractivity contribution in [1.82, 2.24) is 0 Å². The van der Waals surface area contributed by atoms with Crippen LogP contribution in [-0.2, 0) is 0 Å². The number of fused-ring (bicyclic) bond motifs is 5. The third-order valence-electron chi connectivity index (χ3n) is 12.7. The summed E-state index contributed by atoms with van der Waals surface area (Å²) in [7, 11) is 0. The Bertz CT molecular complexity index is 726. The van der Waals surface area contributed by atoms with E-state index in [2.05, 4.69) is 48.1 Å². The molecule has 0 unspecified atom stereocenters. The minimum Gasteiger partial charge on any atom is -0.393 e. The number of aliphatic hydroxyl groups is 2. The largest absolute Gasteiger partial charge is 0.393 e. The molecule has 0 aromatic carbocycles. The topological polar surface area (TPSA) is 40.5 Å². The summed E-state index contributed by atoms with van der Waals surface area (Å²) in [6, 6.07) is 0. The van der Waals surface area contributed by atoms with Crippen molar-refractivity contribution >= 4 is 0 Å². The molecule has 0 aliphatic heterocycles. The second kappa shape index (κ2) is 8.11. The van der Waals surface area contributed by atoms with Gasteiger partial charge in [-0.1, -0.05) is 53.7 Å². The monoisotopic (exact) mass is 444 g/mol. The van der Waals surface area contributed by atoms with Crippen molar-refractivity contribution in [2.75, 3.05) is 0 Å². The van der Waals surface area contributed by atoms with Crippen LogP contribution in [0.5, 0.6) is 0 Å². The summed E-state index contributed by atoms with van der Waals surface area (Å²) in [4.78, 5) is 0. The van der Waals surface area contributed by atoms with Gasteiger partial charge in [-0.05, 0) is 122 Å². The molecule has 0 spiro atoms. The Hall–Kier alpha value is -0.340. The maximum Gasteiger partial charge on any atom is 0.0744 e. The second-order valence-corrected chi connectivity index (χ2v) is 14.2. The smallest absolute Gasteiger partial charge is 0.0744 e. The minimum atomic E-state index is -0.339. The molecule has 32 heavy (non-hydrogen) atoms. The summed E-state index contributed by atoms with van der Waals surface area (Å²) >= 11 is 0. The highest BCUT2D eigenvalue weighted by Gasteiger charge is 2.67. The third-order valence-corrected chi connectivity index (χ3v) is 12.7. The van der Waals surface area contributed by atoms with Crippen LogP contribution in [0.15, 0.2) is 12.2 Å². The third kappa shape index (κ3) is 3.40. The molecule has 4 rings (SSSR count). The van der Waals surface area contributed by atoms with Crippen molar-refractivity contribution in [3.8, 4) is 0 Å². The van der Waals surface area contributed by atoms with Gasteiger partial charge in [0.15, 0.2) is 0 Å². The average molecular weight is 445 g/mol. The van der Waals surface area contributed by atoms with Crippen LogP contribution in [0.1, 0.15) is 113 Å². The Balaban J connectivity index is 1.56. The fourth-order valence-corrected chi connectivity index (χ4v) is 10.3. The van der Waals surface area contributed by atoms with E-state index in [4.69, 9.17) is 0 Å². The van der Waals surface area contributed by atoms with Crippen LogP contribution in [0.25, 0.3) is 0 Å². The Morgan fingerprint density at radius 3 is 2.19 bits per heavy atom. The maximum atomic E-state index is 10.8.